The van der Waals surface area contributed by atoms with Gasteiger partial charge in [-0.2, -0.15) is 0 Å². The standard InChI is InChI=1S/C38H61NO14/c1-10-28(43)51-36-24(5)49-30(20-38(36,6)46)52-33-23(4)50-37(32(45)31(33)39(7)8)53-34-25(16-17-40)18-21(2)26(41)15-13-11-12-14-22(3)48-29(44)19-27(42)35(34)47-9/h11-13,15,17,21-25,27,30-37,42,45-46H,10,14,16,18-20H2,1-9H3/b12-11+,15-13+/t21-,22-,23-,24+,25?,27-,30+,31-,32-,33-,34+,35+,36+,37+,38-/m1/s1. The number of methoxy groups -OCH3 is 1. The summed E-state index contributed by atoms with van der Waals surface area (Å²) >= 11 is 0. The van der Waals surface area contributed by atoms with E-state index in [-0.39, 0.29) is 31.5 Å². The van der Waals surface area contributed by atoms with Crippen molar-refractivity contribution >= 4 is 24.0 Å². The van der Waals surface area contributed by atoms with Crippen LogP contribution in [0.25, 0.3) is 0 Å². The molecule has 0 bridgehead atoms. The Kier molecular flexibility index (Phi) is 17.2. The van der Waals surface area contributed by atoms with Crippen LogP contribution < -0.4 is 0 Å². The Balaban J connectivity index is 1.92. The van der Waals surface area contributed by atoms with E-state index >= 15 is 0 Å². The van der Waals surface area contributed by atoms with Crippen LogP contribution in [-0.4, -0.2) is 145 Å². The molecule has 2 fully saturated rings. The van der Waals surface area contributed by atoms with Crippen molar-refractivity contribution in [3.63, 3.8) is 0 Å². The van der Waals surface area contributed by atoms with Crippen LogP contribution in [0.2, 0.25) is 0 Å². The molecule has 302 valence electrons. The zero-order chi connectivity index (χ0) is 39.6. The molecule has 0 aliphatic carbocycles. The third-order valence-corrected chi connectivity index (χ3v) is 10.2. The lowest BCUT2D eigenvalue weighted by atomic mass is 9.83. The molecule has 3 rings (SSSR count). The van der Waals surface area contributed by atoms with Crippen LogP contribution in [0.15, 0.2) is 24.3 Å². The van der Waals surface area contributed by atoms with Crippen molar-refractivity contribution in [1.82, 2.24) is 4.90 Å². The van der Waals surface area contributed by atoms with Crippen LogP contribution >= 0.6 is 0 Å². The number of ketones is 1. The first-order chi connectivity index (χ1) is 24.9. The van der Waals surface area contributed by atoms with Gasteiger partial charge in [0.1, 0.15) is 36.3 Å². The van der Waals surface area contributed by atoms with Crippen molar-refractivity contribution in [1.29, 1.82) is 0 Å². The minimum absolute atomic E-state index is 0.0369. The molecule has 0 aromatic rings. The van der Waals surface area contributed by atoms with E-state index in [1.54, 1.807) is 78.8 Å². The van der Waals surface area contributed by atoms with Gasteiger partial charge in [-0.1, -0.05) is 32.1 Å². The maximum absolute atomic E-state index is 13.1. The Morgan fingerprint density at radius 2 is 1.74 bits per heavy atom. The van der Waals surface area contributed by atoms with E-state index in [0.29, 0.717) is 12.7 Å². The summed E-state index contributed by atoms with van der Waals surface area (Å²) in [5.74, 6) is -2.60. The molecule has 53 heavy (non-hydrogen) atoms. The summed E-state index contributed by atoms with van der Waals surface area (Å²) in [6, 6.07) is -0.764. The number of hydrogen-bond acceptors (Lipinski definition) is 15. The summed E-state index contributed by atoms with van der Waals surface area (Å²) in [5.41, 5.74) is -1.48. The minimum Gasteiger partial charge on any atom is -0.462 e. The molecule has 3 heterocycles. The fourth-order valence-corrected chi connectivity index (χ4v) is 7.38. The third-order valence-electron chi connectivity index (χ3n) is 10.2. The molecule has 0 saturated carbocycles. The van der Waals surface area contributed by atoms with Gasteiger partial charge in [-0.25, -0.2) is 0 Å². The molecule has 3 aliphatic rings. The van der Waals surface area contributed by atoms with Gasteiger partial charge in [0, 0.05) is 38.7 Å². The molecule has 3 N–H and O–H groups in total. The number of cyclic esters (lactones) is 1. The van der Waals surface area contributed by atoms with Gasteiger partial charge < -0.3 is 58.2 Å². The van der Waals surface area contributed by atoms with Gasteiger partial charge in [-0.15, -0.1) is 0 Å². The quantitative estimate of drug-likeness (QED) is 0.216. The first-order valence-electron chi connectivity index (χ1n) is 18.5. The summed E-state index contributed by atoms with van der Waals surface area (Å²) in [6.07, 6.45) is -3.88. The van der Waals surface area contributed by atoms with Crippen molar-refractivity contribution in [2.24, 2.45) is 11.8 Å². The van der Waals surface area contributed by atoms with Crippen LogP contribution in [0.1, 0.15) is 80.1 Å². The van der Waals surface area contributed by atoms with Gasteiger partial charge in [-0.05, 0) is 60.2 Å². The molecule has 3 aliphatic heterocycles. The molecular formula is C38H61NO14. The molecule has 15 nitrogen and oxygen atoms in total. The van der Waals surface area contributed by atoms with E-state index in [0.717, 1.165) is 0 Å². The predicted molar refractivity (Wildman–Crippen MR) is 190 cm³/mol. The largest absolute Gasteiger partial charge is 0.462 e. The zero-order valence-corrected chi connectivity index (χ0v) is 32.5. The van der Waals surface area contributed by atoms with E-state index in [9.17, 15) is 34.5 Å². The Bertz CT molecular complexity index is 1270. The number of carbonyl (C=O) groups excluding carboxylic acids is 4. The van der Waals surface area contributed by atoms with Crippen molar-refractivity contribution in [2.45, 2.75) is 159 Å². The first kappa shape index (κ1) is 44.8. The number of hydrogen-bond donors (Lipinski definition) is 3. The number of esters is 2. The predicted octanol–water partition coefficient (Wildman–Crippen LogP) is 2.01. The van der Waals surface area contributed by atoms with Gasteiger partial charge >= 0.3 is 11.9 Å². The topological polar surface area (TPSA) is 197 Å². The average Bonchev–Trinajstić information content (AvgIpc) is 3.06. The Labute approximate surface area is 312 Å². The van der Waals surface area contributed by atoms with Gasteiger partial charge in [0.05, 0.1) is 36.9 Å². The van der Waals surface area contributed by atoms with Crippen LogP contribution in [0.3, 0.4) is 0 Å². The van der Waals surface area contributed by atoms with Gasteiger partial charge in [0.15, 0.2) is 24.5 Å². The van der Waals surface area contributed by atoms with Crippen molar-refractivity contribution in [2.75, 3.05) is 21.2 Å². The van der Waals surface area contributed by atoms with Crippen molar-refractivity contribution in [3.8, 4) is 0 Å². The van der Waals surface area contributed by atoms with E-state index in [4.69, 9.17) is 33.2 Å². The Morgan fingerprint density at radius 3 is 2.34 bits per heavy atom. The second kappa shape index (κ2) is 20.4. The molecule has 0 radical (unpaired) electrons. The molecule has 0 spiro atoms. The number of rotatable bonds is 10. The number of carbonyl (C=O) groups is 4. The van der Waals surface area contributed by atoms with Gasteiger partial charge in [0.25, 0.3) is 0 Å². The van der Waals surface area contributed by atoms with Crippen LogP contribution in [0.4, 0.5) is 0 Å². The first-order valence-corrected chi connectivity index (χ1v) is 18.5. The number of nitrogens with zero attached hydrogens (tertiary/aromatic N) is 1. The van der Waals surface area contributed by atoms with Gasteiger partial charge in [0.2, 0.25) is 0 Å². The molecule has 2 saturated heterocycles. The normalized spacial score (nSPS) is 42.1. The van der Waals surface area contributed by atoms with Crippen LogP contribution in [0, 0.1) is 11.8 Å². The van der Waals surface area contributed by atoms with E-state index < -0.39 is 109 Å². The number of ether oxygens (including phenoxy) is 7. The second-order valence-corrected chi connectivity index (χ2v) is 14.9. The summed E-state index contributed by atoms with van der Waals surface area (Å²) in [4.78, 5) is 51.8. The van der Waals surface area contributed by atoms with Crippen LogP contribution in [-0.2, 0) is 52.3 Å². The lowest BCUT2D eigenvalue weighted by Crippen LogP contribution is -2.66. The maximum Gasteiger partial charge on any atom is 0.308 e. The average molecular weight is 756 g/mol. The van der Waals surface area contributed by atoms with Crippen molar-refractivity contribution < 1.29 is 67.7 Å². The summed E-state index contributed by atoms with van der Waals surface area (Å²) in [7, 11) is 4.82. The third kappa shape index (κ3) is 12.2. The highest BCUT2D eigenvalue weighted by molar-refractivity contribution is 5.91. The number of aliphatic hydroxyl groups excluding tert-OH is 2. The highest BCUT2D eigenvalue weighted by Crippen LogP contribution is 2.37. The Morgan fingerprint density at radius 1 is 1.04 bits per heavy atom. The number of allylic oxidation sites excluding steroid dienone is 3. The smallest absolute Gasteiger partial charge is 0.308 e. The fraction of sp³-hybridized carbons (Fsp3) is 0.789. The summed E-state index contributed by atoms with van der Waals surface area (Å²) in [5, 5.41) is 34.5. The van der Waals surface area contributed by atoms with E-state index in [1.165, 1.54) is 13.2 Å². The number of aldehydes is 1. The molecule has 1 unspecified atom stereocenters. The molecule has 15 atom stereocenters. The molecule has 0 amide bonds. The van der Waals surface area contributed by atoms with Crippen LogP contribution in [0.5, 0.6) is 0 Å². The maximum atomic E-state index is 13.1. The van der Waals surface area contributed by atoms with Gasteiger partial charge in [-0.3, -0.25) is 14.4 Å². The molecule has 0 aromatic carbocycles. The lowest BCUT2D eigenvalue weighted by Gasteiger charge is -2.50. The number of aliphatic hydroxyl groups is 3. The minimum atomic E-state index is -1.48. The fourth-order valence-electron chi connectivity index (χ4n) is 7.38. The van der Waals surface area contributed by atoms with Crippen molar-refractivity contribution in [3.05, 3.63) is 24.3 Å². The molecule has 15 heteroatoms. The second-order valence-electron chi connectivity index (χ2n) is 14.9. The lowest BCUT2D eigenvalue weighted by molar-refractivity contribution is -0.344. The highest BCUT2D eigenvalue weighted by Gasteiger charge is 2.52. The summed E-state index contributed by atoms with van der Waals surface area (Å²) in [6.45, 7) is 10.0. The monoisotopic (exact) mass is 755 g/mol. The van der Waals surface area contributed by atoms with E-state index in [2.05, 4.69) is 0 Å². The molecule has 0 aromatic heterocycles. The zero-order valence-electron chi connectivity index (χ0n) is 32.5. The molecular weight excluding hydrogens is 694 g/mol. The number of likely N-dealkylation sites (N-methyl/N-ethyl adjacent to an activating group) is 1. The highest BCUT2D eigenvalue weighted by atomic mass is 16.7. The SMILES string of the molecule is CCC(=O)O[C@H]1[C@H](C)O[C@@H](O[C@H]2[C@H](N(C)C)[C@@H](O)[C@H](O[C@H]3C(CC=O)C[C@@H](C)C(=O)/C=C/C=C/C[C@@H](C)OC(=O)C[C@@H](O)[C@@H]3OC)O[C@@H]2C)C[C@@]1(C)O. The Hall–Kier alpha value is -2.60. The van der Waals surface area contributed by atoms with E-state index in [1.807, 2.05) is 0 Å². The summed E-state index contributed by atoms with van der Waals surface area (Å²) < 4.78 is 41.9.